The van der Waals surface area contributed by atoms with Crippen LogP contribution < -0.4 is 0 Å². The number of hydrogen-bond donors (Lipinski definition) is 0. The third kappa shape index (κ3) is 3.70. The monoisotopic (exact) mass is 164 g/mol. The first-order chi connectivity index (χ1) is 4.95. The lowest BCUT2D eigenvalue weighted by molar-refractivity contribution is -0.142. The quantitative estimate of drug-likeness (QED) is 0.461. The molecule has 0 N–H and O–H groups in total. The third-order valence-corrected chi connectivity index (χ3v) is 0.932. The third-order valence-electron chi connectivity index (χ3n) is 0.932. The van der Waals surface area contributed by atoms with Crippen LogP contribution in [0.1, 0.15) is 20.8 Å². The summed E-state index contributed by atoms with van der Waals surface area (Å²) in [4.78, 5) is 10.6. The van der Waals surface area contributed by atoms with Gasteiger partial charge in [0.2, 0.25) is 0 Å². The fourth-order valence-corrected chi connectivity index (χ4v) is 0.380. The topological polar surface area (TPSA) is 26.3 Å². The molecule has 0 saturated carbocycles. The molecule has 2 nitrogen and oxygen atoms in total. The van der Waals surface area contributed by atoms with Gasteiger partial charge in [-0.25, -0.2) is 4.79 Å². The van der Waals surface area contributed by atoms with Crippen molar-refractivity contribution in [3.05, 3.63) is 11.7 Å². The van der Waals surface area contributed by atoms with Crippen molar-refractivity contribution < 1.29 is 18.3 Å². The van der Waals surface area contributed by atoms with Crippen molar-refractivity contribution >= 4 is 5.97 Å². The average Bonchev–Trinajstić information content (AvgIpc) is 1.84. The normalized spacial score (nSPS) is 9.64. The zero-order chi connectivity index (χ0) is 9.02. The van der Waals surface area contributed by atoms with Gasteiger partial charge in [-0.1, -0.05) is 0 Å². The lowest BCUT2D eigenvalue weighted by atomic mass is 10.3. The van der Waals surface area contributed by atoms with E-state index in [2.05, 4.69) is 4.74 Å². The van der Waals surface area contributed by atoms with E-state index in [9.17, 15) is 13.6 Å². The van der Waals surface area contributed by atoms with Crippen molar-refractivity contribution in [1.29, 1.82) is 0 Å². The molecule has 0 aliphatic carbocycles. The maximum atomic E-state index is 11.7. The molecule has 0 aliphatic heterocycles. The minimum absolute atomic E-state index is 0.364. The Bertz CT molecular complexity index is 181. The first kappa shape index (κ1) is 10.1. The minimum atomic E-state index is -1.99. The summed E-state index contributed by atoms with van der Waals surface area (Å²) in [7, 11) is 0. The number of carbonyl (C=O) groups is 1. The summed E-state index contributed by atoms with van der Waals surface area (Å²) in [6.45, 7) is 4.22. The molecule has 0 heterocycles. The molecule has 0 aromatic carbocycles. The molecule has 0 unspecified atom stereocenters. The second-order valence-corrected chi connectivity index (χ2v) is 2.34. The van der Waals surface area contributed by atoms with Crippen molar-refractivity contribution in [3.63, 3.8) is 0 Å². The Labute approximate surface area is 63.8 Å². The molecule has 0 bridgehead atoms. The van der Waals surface area contributed by atoms with E-state index in [1.54, 1.807) is 13.8 Å². The molecule has 0 atom stereocenters. The van der Waals surface area contributed by atoms with E-state index in [1.807, 2.05) is 0 Å². The van der Waals surface area contributed by atoms with Gasteiger partial charge in [0.15, 0.2) is 0 Å². The second kappa shape index (κ2) is 4.05. The Morgan fingerprint density at radius 1 is 1.36 bits per heavy atom. The van der Waals surface area contributed by atoms with Crippen molar-refractivity contribution in [2.24, 2.45) is 0 Å². The van der Waals surface area contributed by atoms with Crippen LogP contribution in [0.4, 0.5) is 8.78 Å². The molecule has 0 aliphatic rings. The number of hydrogen-bond acceptors (Lipinski definition) is 2. The van der Waals surface area contributed by atoms with Crippen LogP contribution in [0.5, 0.6) is 0 Å². The first-order valence-corrected chi connectivity index (χ1v) is 3.18. The first-order valence-electron chi connectivity index (χ1n) is 3.18. The van der Waals surface area contributed by atoms with E-state index in [0.29, 0.717) is 0 Å². The Hall–Kier alpha value is -0.930. The molecular formula is C7H10F2O2. The van der Waals surface area contributed by atoms with Gasteiger partial charge in [0.25, 0.3) is 6.08 Å². The van der Waals surface area contributed by atoms with Crippen LogP contribution in [-0.4, -0.2) is 12.1 Å². The molecule has 0 saturated heterocycles. The van der Waals surface area contributed by atoms with E-state index >= 15 is 0 Å². The fraction of sp³-hybridized carbons (Fsp3) is 0.571. The smallest absolute Gasteiger partial charge is 0.339 e. The van der Waals surface area contributed by atoms with Crippen molar-refractivity contribution in [1.82, 2.24) is 0 Å². The van der Waals surface area contributed by atoms with Crippen LogP contribution in [0.15, 0.2) is 11.7 Å². The van der Waals surface area contributed by atoms with Gasteiger partial charge < -0.3 is 4.74 Å². The number of carbonyl (C=O) groups excluding carboxylic acids is 1. The molecule has 0 amide bonds. The summed E-state index contributed by atoms with van der Waals surface area (Å²) in [6, 6.07) is 0. The van der Waals surface area contributed by atoms with Crippen LogP contribution in [0, 0.1) is 0 Å². The van der Waals surface area contributed by atoms with Crippen molar-refractivity contribution in [2.75, 3.05) is 0 Å². The summed E-state index contributed by atoms with van der Waals surface area (Å²) in [5, 5.41) is 0. The molecule has 0 rings (SSSR count). The van der Waals surface area contributed by atoms with E-state index in [0.717, 1.165) is 6.92 Å². The predicted molar refractivity (Wildman–Crippen MR) is 36.1 cm³/mol. The lowest BCUT2D eigenvalue weighted by Crippen LogP contribution is -2.12. The summed E-state index contributed by atoms with van der Waals surface area (Å²) < 4.78 is 27.9. The largest absolute Gasteiger partial charge is 0.459 e. The zero-order valence-electron chi connectivity index (χ0n) is 6.65. The van der Waals surface area contributed by atoms with Gasteiger partial charge in [0, 0.05) is 0 Å². The van der Waals surface area contributed by atoms with Gasteiger partial charge in [0.05, 0.1) is 11.7 Å². The molecule has 11 heavy (non-hydrogen) atoms. The molecule has 0 fully saturated rings. The summed E-state index contributed by atoms with van der Waals surface area (Å²) in [5.74, 6) is -0.958. The maximum Gasteiger partial charge on any atom is 0.339 e. The Morgan fingerprint density at radius 3 is 2.09 bits per heavy atom. The Kier molecular flexibility index (Phi) is 3.71. The summed E-state index contributed by atoms with van der Waals surface area (Å²) >= 11 is 0. The molecule has 0 aromatic heterocycles. The number of ether oxygens (including phenoxy) is 1. The SMILES string of the molecule is CC(C(=O)OC(C)C)=C(F)F. The minimum Gasteiger partial charge on any atom is -0.459 e. The van der Waals surface area contributed by atoms with E-state index in [-0.39, 0.29) is 6.10 Å². The molecule has 0 aromatic rings. The highest BCUT2D eigenvalue weighted by Crippen LogP contribution is 2.09. The van der Waals surface area contributed by atoms with Crippen LogP contribution in [0.25, 0.3) is 0 Å². The van der Waals surface area contributed by atoms with E-state index in [1.165, 1.54) is 0 Å². The standard InChI is InChI=1S/C7H10F2O2/c1-4(2)11-7(10)5(3)6(8)9/h4H,1-3H3. The van der Waals surface area contributed by atoms with Crippen LogP contribution in [0.3, 0.4) is 0 Å². The van der Waals surface area contributed by atoms with E-state index < -0.39 is 17.6 Å². The summed E-state index contributed by atoms with van der Waals surface area (Å²) in [5.41, 5.74) is -0.626. The lowest BCUT2D eigenvalue weighted by Gasteiger charge is -2.06. The van der Waals surface area contributed by atoms with Gasteiger partial charge in [0.1, 0.15) is 0 Å². The molecular weight excluding hydrogens is 154 g/mol. The molecule has 0 spiro atoms. The van der Waals surface area contributed by atoms with Gasteiger partial charge in [-0.2, -0.15) is 8.78 Å². The second-order valence-electron chi connectivity index (χ2n) is 2.34. The highest BCUT2D eigenvalue weighted by Gasteiger charge is 2.12. The number of rotatable bonds is 2. The molecule has 0 radical (unpaired) electrons. The highest BCUT2D eigenvalue weighted by atomic mass is 19.3. The Morgan fingerprint density at radius 2 is 1.82 bits per heavy atom. The summed E-state index contributed by atoms with van der Waals surface area (Å²) in [6.07, 6.45) is -2.35. The van der Waals surface area contributed by atoms with Crippen LogP contribution in [-0.2, 0) is 9.53 Å². The van der Waals surface area contributed by atoms with Gasteiger partial charge in [-0.3, -0.25) is 0 Å². The van der Waals surface area contributed by atoms with Crippen molar-refractivity contribution in [3.8, 4) is 0 Å². The highest BCUT2D eigenvalue weighted by molar-refractivity contribution is 5.88. The average molecular weight is 164 g/mol. The number of esters is 1. The van der Waals surface area contributed by atoms with Crippen LogP contribution in [0.2, 0.25) is 0 Å². The fourth-order valence-electron chi connectivity index (χ4n) is 0.380. The maximum absolute atomic E-state index is 11.7. The zero-order valence-corrected chi connectivity index (χ0v) is 6.65. The van der Waals surface area contributed by atoms with Crippen molar-refractivity contribution in [2.45, 2.75) is 26.9 Å². The predicted octanol–water partition coefficient (Wildman–Crippen LogP) is 2.11. The van der Waals surface area contributed by atoms with E-state index in [4.69, 9.17) is 0 Å². The number of halogens is 2. The van der Waals surface area contributed by atoms with Gasteiger partial charge in [-0.15, -0.1) is 0 Å². The van der Waals surface area contributed by atoms with Gasteiger partial charge in [-0.05, 0) is 20.8 Å². The van der Waals surface area contributed by atoms with Gasteiger partial charge >= 0.3 is 5.97 Å². The molecule has 4 heteroatoms. The molecule has 64 valence electrons. The van der Waals surface area contributed by atoms with Crippen LogP contribution >= 0.6 is 0 Å². The Balaban J connectivity index is 4.17.